The Labute approximate surface area is 162 Å². The summed E-state index contributed by atoms with van der Waals surface area (Å²) in [5, 5.41) is 3.63. The van der Waals surface area contributed by atoms with E-state index in [1.807, 2.05) is 0 Å². The van der Waals surface area contributed by atoms with E-state index in [0.29, 0.717) is 5.92 Å². The molecule has 2 heterocycles. The zero-order valence-corrected chi connectivity index (χ0v) is 16.4. The predicted octanol–water partition coefficient (Wildman–Crippen LogP) is 6.37. The lowest BCUT2D eigenvalue weighted by molar-refractivity contribution is 0.567. The molecule has 1 unspecified atom stereocenters. The third-order valence-electron chi connectivity index (χ3n) is 5.61. The number of hydrogen-bond acceptors (Lipinski definition) is 2. The molecule has 1 aliphatic heterocycles. The molecule has 1 aliphatic rings. The van der Waals surface area contributed by atoms with E-state index >= 15 is 0 Å². The maximum absolute atomic E-state index is 4.98. The van der Waals surface area contributed by atoms with Crippen molar-refractivity contribution >= 4 is 22.9 Å². The number of allylic oxidation sites excluding steroid dienone is 1. The quantitative estimate of drug-likeness (QED) is 0.531. The van der Waals surface area contributed by atoms with E-state index in [0.717, 1.165) is 24.9 Å². The number of anilines is 1. The van der Waals surface area contributed by atoms with Gasteiger partial charge in [-0.3, -0.25) is 0 Å². The molecule has 27 heavy (non-hydrogen) atoms. The summed E-state index contributed by atoms with van der Waals surface area (Å²) in [6.07, 6.45) is 8.30. The molecule has 4 rings (SSSR count). The van der Waals surface area contributed by atoms with Gasteiger partial charge in [0.1, 0.15) is 5.82 Å². The van der Waals surface area contributed by atoms with E-state index in [1.165, 1.54) is 41.9 Å². The SMILES string of the molecule is CCCCC1=Cn2c(nc3ccccc32)C(CCNc2ccccc2C)C1. The molecular formula is C24H29N3. The van der Waals surface area contributed by atoms with Crippen molar-refractivity contribution in [1.82, 2.24) is 9.55 Å². The number of benzene rings is 2. The molecule has 0 amide bonds. The first-order valence-electron chi connectivity index (χ1n) is 10.2. The van der Waals surface area contributed by atoms with Crippen LogP contribution in [0.4, 0.5) is 5.69 Å². The van der Waals surface area contributed by atoms with Gasteiger partial charge in [0, 0.05) is 24.4 Å². The van der Waals surface area contributed by atoms with E-state index in [9.17, 15) is 0 Å². The minimum absolute atomic E-state index is 0.478. The molecule has 1 N–H and O–H groups in total. The van der Waals surface area contributed by atoms with Gasteiger partial charge < -0.3 is 9.88 Å². The number of aryl methyl sites for hydroxylation is 1. The van der Waals surface area contributed by atoms with Crippen LogP contribution in [0.1, 0.15) is 56.3 Å². The molecule has 0 spiro atoms. The molecule has 2 aromatic carbocycles. The fraction of sp³-hybridized carbons (Fsp3) is 0.375. The van der Waals surface area contributed by atoms with Gasteiger partial charge in [-0.1, -0.05) is 49.2 Å². The van der Waals surface area contributed by atoms with Crippen molar-refractivity contribution in [3.05, 3.63) is 65.5 Å². The molecule has 0 radical (unpaired) electrons. The van der Waals surface area contributed by atoms with Crippen LogP contribution in [0, 0.1) is 6.92 Å². The second-order valence-electron chi connectivity index (χ2n) is 7.65. The average Bonchev–Trinajstić information content (AvgIpc) is 3.07. The first kappa shape index (κ1) is 17.8. The molecule has 0 saturated heterocycles. The first-order valence-corrected chi connectivity index (χ1v) is 10.2. The smallest absolute Gasteiger partial charge is 0.117 e. The van der Waals surface area contributed by atoms with Crippen LogP contribution in [-0.4, -0.2) is 16.1 Å². The van der Waals surface area contributed by atoms with Crippen LogP contribution in [0.5, 0.6) is 0 Å². The first-order chi connectivity index (χ1) is 13.3. The van der Waals surface area contributed by atoms with Crippen LogP contribution in [0.15, 0.2) is 54.1 Å². The molecule has 3 aromatic rings. The lowest BCUT2D eigenvalue weighted by Gasteiger charge is -2.24. The summed E-state index contributed by atoms with van der Waals surface area (Å²) >= 11 is 0. The maximum atomic E-state index is 4.98. The third kappa shape index (κ3) is 3.78. The lowest BCUT2D eigenvalue weighted by Crippen LogP contribution is -2.16. The number of aromatic nitrogens is 2. The molecule has 3 nitrogen and oxygen atoms in total. The van der Waals surface area contributed by atoms with Gasteiger partial charge in [0.2, 0.25) is 0 Å². The van der Waals surface area contributed by atoms with Gasteiger partial charge in [-0.15, -0.1) is 0 Å². The van der Waals surface area contributed by atoms with Crippen molar-refractivity contribution in [1.29, 1.82) is 0 Å². The number of hydrogen-bond donors (Lipinski definition) is 1. The number of nitrogens with one attached hydrogen (secondary N) is 1. The number of imidazole rings is 1. The highest BCUT2D eigenvalue weighted by atomic mass is 15.1. The van der Waals surface area contributed by atoms with Crippen molar-refractivity contribution in [2.24, 2.45) is 0 Å². The molecule has 0 fully saturated rings. The van der Waals surface area contributed by atoms with Gasteiger partial charge in [-0.05, 0) is 56.4 Å². The summed E-state index contributed by atoms with van der Waals surface area (Å²) < 4.78 is 2.35. The Morgan fingerprint density at radius 1 is 1.11 bits per heavy atom. The van der Waals surface area contributed by atoms with E-state index in [4.69, 9.17) is 4.98 Å². The van der Waals surface area contributed by atoms with Gasteiger partial charge in [-0.25, -0.2) is 4.98 Å². The van der Waals surface area contributed by atoms with Crippen molar-refractivity contribution in [2.45, 2.75) is 51.9 Å². The van der Waals surface area contributed by atoms with Crippen LogP contribution in [0.2, 0.25) is 0 Å². The van der Waals surface area contributed by atoms with Crippen LogP contribution in [0.25, 0.3) is 17.2 Å². The summed E-state index contributed by atoms with van der Waals surface area (Å²) in [5.74, 6) is 1.70. The lowest BCUT2D eigenvalue weighted by atomic mass is 9.90. The van der Waals surface area contributed by atoms with E-state index in [2.05, 4.69) is 78.5 Å². The van der Waals surface area contributed by atoms with E-state index in [1.54, 1.807) is 5.57 Å². The zero-order chi connectivity index (χ0) is 18.6. The second kappa shape index (κ2) is 7.99. The summed E-state index contributed by atoms with van der Waals surface area (Å²) in [5.41, 5.74) is 6.45. The van der Waals surface area contributed by atoms with Crippen molar-refractivity contribution in [2.75, 3.05) is 11.9 Å². The van der Waals surface area contributed by atoms with Crippen molar-refractivity contribution < 1.29 is 0 Å². The van der Waals surface area contributed by atoms with Gasteiger partial charge in [-0.2, -0.15) is 0 Å². The molecule has 140 valence electrons. The predicted molar refractivity (Wildman–Crippen MR) is 115 cm³/mol. The van der Waals surface area contributed by atoms with E-state index < -0.39 is 0 Å². The van der Waals surface area contributed by atoms with Gasteiger partial charge >= 0.3 is 0 Å². The Balaban J connectivity index is 1.56. The van der Waals surface area contributed by atoms with Crippen molar-refractivity contribution in [3.8, 4) is 0 Å². The monoisotopic (exact) mass is 359 g/mol. The highest BCUT2D eigenvalue weighted by Crippen LogP contribution is 2.36. The third-order valence-corrected chi connectivity index (χ3v) is 5.61. The highest BCUT2D eigenvalue weighted by Gasteiger charge is 2.24. The Hall–Kier alpha value is -2.55. The second-order valence-corrected chi connectivity index (χ2v) is 7.65. The fourth-order valence-electron chi connectivity index (χ4n) is 4.08. The van der Waals surface area contributed by atoms with Crippen LogP contribution in [-0.2, 0) is 0 Å². The molecule has 0 saturated carbocycles. The van der Waals surface area contributed by atoms with E-state index in [-0.39, 0.29) is 0 Å². The zero-order valence-electron chi connectivity index (χ0n) is 16.4. The summed E-state index contributed by atoms with van der Waals surface area (Å²) in [7, 11) is 0. The Morgan fingerprint density at radius 3 is 2.78 bits per heavy atom. The number of unbranched alkanes of at least 4 members (excludes halogenated alkanes) is 1. The van der Waals surface area contributed by atoms with Crippen LogP contribution in [0.3, 0.4) is 0 Å². The fourth-order valence-corrected chi connectivity index (χ4v) is 4.08. The largest absolute Gasteiger partial charge is 0.385 e. The van der Waals surface area contributed by atoms with Crippen LogP contribution >= 0.6 is 0 Å². The number of nitrogens with zero attached hydrogens (tertiary/aromatic N) is 2. The molecule has 0 aliphatic carbocycles. The summed E-state index contributed by atoms with van der Waals surface area (Å²) in [6.45, 7) is 5.40. The minimum Gasteiger partial charge on any atom is -0.385 e. The molecule has 1 aromatic heterocycles. The Bertz CT molecular complexity index is 951. The van der Waals surface area contributed by atoms with Gasteiger partial charge in [0.15, 0.2) is 0 Å². The number of rotatable bonds is 7. The molecule has 3 heteroatoms. The topological polar surface area (TPSA) is 29.9 Å². The molecule has 0 bridgehead atoms. The number of para-hydroxylation sites is 3. The summed E-state index contributed by atoms with van der Waals surface area (Å²) in [4.78, 5) is 4.98. The maximum Gasteiger partial charge on any atom is 0.117 e. The number of fused-ring (bicyclic) bond motifs is 3. The Kier molecular flexibility index (Phi) is 5.28. The standard InChI is InChI=1S/C24H29N3/c1-3-4-10-19-16-20(14-15-25-21-11-6-5-9-18(21)2)24-26-22-12-7-8-13-23(22)27(24)17-19/h5-9,11-13,17,20,25H,3-4,10,14-16H2,1-2H3. The molecule has 1 atom stereocenters. The van der Waals surface area contributed by atoms with Crippen LogP contribution < -0.4 is 5.32 Å². The summed E-state index contributed by atoms with van der Waals surface area (Å²) in [6, 6.07) is 17.0. The minimum atomic E-state index is 0.478. The van der Waals surface area contributed by atoms with Crippen molar-refractivity contribution in [3.63, 3.8) is 0 Å². The average molecular weight is 360 g/mol. The van der Waals surface area contributed by atoms with Gasteiger partial charge in [0.05, 0.1) is 11.0 Å². The highest BCUT2D eigenvalue weighted by molar-refractivity contribution is 5.79. The Morgan fingerprint density at radius 2 is 1.93 bits per heavy atom. The normalized spacial score (nSPS) is 16.2. The molecular weight excluding hydrogens is 330 g/mol. The van der Waals surface area contributed by atoms with Gasteiger partial charge in [0.25, 0.3) is 0 Å².